The van der Waals surface area contributed by atoms with Crippen LogP contribution in [0.2, 0.25) is 0 Å². The second-order valence-corrected chi connectivity index (χ2v) is 6.27. The summed E-state index contributed by atoms with van der Waals surface area (Å²) in [5.41, 5.74) is 1.72. The molecule has 0 atom stereocenters. The molecule has 2 amide bonds. The Kier molecular flexibility index (Phi) is 5.76. The van der Waals surface area contributed by atoms with Gasteiger partial charge in [-0.05, 0) is 56.0 Å². The Hall–Kier alpha value is -1.40. The van der Waals surface area contributed by atoms with Gasteiger partial charge in [0.2, 0.25) is 11.8 Å². The van der Waals surface area contributed by atoms with Crippen molar-refractivity contribution in [3.8, 4) is 0 Å². The van der Waals surface area contributed by atoms with Gasteiger partial charge in [-0.2, -0.15) is 0 Å². The third-order valence-electron chi connectivity index (χ3n) is 3.32. The van der Waals surface area contributed by atoms with E-state index in [1.807, 2.05) is 25.1 Å². The summed E-state index contributed by atoms with van der Waals surface area (Å²) >= 11 is 3.37. The summed E-state index contributed by atoms with van der Waals surface area (Å²) in [6.07, 6.45) is 2.51. The molecule has 1 aliphatic rings. The van der Waals surface area contributed by atoms with Gasteiger partial charge in [0.1, 0.15) is 0 Å². The quantitative estimate of drug-likeness (QED) is 0.700. The molecule has 0 unspecified atom stereocenters. The number of rotatable bonds is 7. The van der Waals surface area contributed by atoms with Gasteiger partial charge in [0.15, 0.2) is 0 Å². The van der Waals surface area contributed by atoms with E-state index in [1.54, 1.807) is 0 Å². The number of carbonyl (C=O) groups is 2. The van der Waals surface area contributed by atoms with E-state index in [4.69, 9.17) is 0 Å². The maximum absolute atomic E-state index is 11.8. The molecule has 0 aliphatic heterocycles. The van der Waals surface area contributed by atoms with Crippen molar-refractivity contribution in [3.05, 3.63) is 28.2 Å². The second-order valence-electron chi connectivity index (χ2n) is 5.36. The molecule has 0 radical (unpaired) electrons. The molecule has 3 N–H and O–H groups in total. The van der Waals surface area contributed by atoms with E-state index in [1.165, 1.54) is 12.8 Å². The van der Waals surface area contributed by atoms with E-state index < -0.39 is 0 Å². The number of anilines is 1. The first-order valence-corrected chi connectivity index (χ1v) is 7.87. The van der Waals surface area contributed by atoms with Gasteiger partial charge in [0.05, 0.1) is 13.1 Å². The lowest BCUT2D eigenvalue weighted by atomic mass is 10.2. The lowest BCUT2D eigenvalue weighted by Gasteiger charge is -2.10. The molecule has 21 heavy (non-hydrogen) atoms. The highest BCUT2D eigenvalue weighted by atomic mass is 79.9. The molecule has 1 aliphatic carbocycles. The van der Waals surface area contributed by atoms with Gasteiger partial charge in [-0.3, -0.25) is 9.59 Å². The molecular weight excluding hydrogens is 334 g/mol. The zero-order valence-electron chi connectivity index (χ0n) is 12.0. The molecule has 1 fully saturated rings. The number of hydrogen-bond donors (Lipinski definition) is 3. The monoisotopic (exact) mass is 353 g/mol. The summed E-state index contributed by atoms with van der Waals surface area (Å²) in [5, 5.41) is 8.47. The molecular formula is C15H20BrN3O2. The molecule has 0 saturated heterocycles. The topological polar surface area (TPSA) is 70.2 Å². The lowest BCUT2D eigenvalue weighted by Crippen LogP contribution is -2.39. The van der Waals surface area contributed by atoms with Crippen LogP contribution < -0.4 is 16.0 Å². The van der Waals surface area contributed by atoms with E-state index in [-0.39, 0.29) is 24.9 Å². The summed E-state index contributed by atoms with van der Waals surface area (Å²) in [6, 6.07) is 5.62. The molecule has 0 bridgehead atoms. The highest BCUT2D eigenvalue weighted by Crippen LogP contribution is 2.27. The molecule has 6 heteroatoms. The maximum Gasteiger partial charge on any atom is 0.243 e. The summed E-state index contributed by atoms with van der Waals surface area (Å²) in [6.45, 7) is 3.05. The largest absolute Gasteiger partial charge is 0.346 e. The molecule has 114 valence electrons. The average molecular weight is 354 g/mol. The molecule has 0 spiro atoms. The average Bonchev–Trinajstić information content (AvgIpc) is 3.24. The van der Waals surface area contributed by atoms with Gasteiger partial charge in [0, 0.05) is 10.2 Å². The van der Waals surface area contributed by atoms with Gasteiger partial charge in [-0.25, -0.2) is 0 Å². The first-order valence-electron chi connectivity index (χ1n) is 7.08. The summed E-state index contributed by atoms with van der Waals surface area (Å²) in [5.74, 6) is 0.357. The highest BCUT2D eigenvalue weighted by molar-refractivity contribution is 9.10. The molecule has 0 heterocycles. The van der Waals surface area contributed by atoms with Crippen molar-refractivity contribution in [2.75, 3.05) is 25.0 Å². The summed E-state index contributed by atoms with van der Waals surface area (Å²) in [4.78, 5) is 23.3. The molecule has 5 nitrogen and oxygen atoms in total. The van der Waals surface area contributed by atoms with E-state index in [0.717, 1.165) is 28.2 Å². The molecule has 0 aromatic heterocycles. The van der Waals surface area contributed by atoms with Gasteiger partial charge in [-0.1, -0.05) is 15.9 Å². The minimum absolute atomic E-state index is 0.0144. The van der Waals surface area contributed by atoms with Gasteiger partial charge in [0.25, 0.3) is 0 Å². The van der Waals surface area contributed by atoms with Crippen LogP contribution in [-0.2, 0) is 9.59 Å². The van der Waals surface area contributed by atoms with Gasteiger partial charge >= 0.3 is 0 Å². The Labute approximate surface area is 133 Å². The molecule has 1 saturated carbocycles. The number of halogens is 1. The van der Waals surface area contributed by atoms with E-state index in [9.17, 15) is 9.59 Å². The van der Waals surface area contributed by atoms with Crippen LogP contribution in [0.4, 0.5) is 5.69 Å². The van der Waals surface area contributed by atoms with Crippen LogP contribution in [0.25, 0.3) is 0 Å². The van der Waals surface area contributed by atoms with Crippen LogP contribution >= 0.6 is 15.9 Å². The van der Waals surface area contributed by atoms with Crippen molar-refractivity contribution in [3.63, 3.8) is 0 Å². The standard InChI is InChI=1S/C15H20BrN3O2/c1-10-6-12(16)4-5-13(10)19-15(21)9-18-14(20)8-17-7-11-2-3-11/h4-6,11,17H,2-3,7-9H2,1H3,(H,18,20)(H,19,21). The van der Waals surface area contributed by atoms with Crippen molar-refractivity contribution in [1.29, 1.82) is 0 Å². The third kappa shape index (κ3) is 5.85. The Morgan fingerprint density at radius 2 is 2.00 bits per heavy atom. The lowest BCUT2D eigenvalue weighted by molar-refractivity contribution is -0.123. The number of amides is 2. The SMILES string of the molecule is Cc1cc(Br)ccc1NC(=O)CNC(=O)CNCC1CC1. The molecule has 2 rings (SSSR count). The van der Waals surface area contributed by atoms with Crippen LogP contribution in [0.5, 0.6) is 0 Å². The Balaban J connectivity index is 1.67. The van der Waals surface area contributed by atoms with Crippen molar-refractivity contribution in [2.45, 2.75) is 19.8 Å². The number of benzene rings is 1. The Morgan fingerprint density at radius 3 is 2.67 bits per heavy atom. The van der Waals surface area contributed by atoms with Crippen molar-refractivity contribution in [1.82, 2.24) is 10.6 Å². The molecule has 1 aromatic rings. The van der Waals surface area contributed by atoms with Crippen LogP contribution in [0, 0.1) is 12.8 Å². The van der Waals surface area contributed by atoms with E-state index in [0.29, 0.717) is 0 Å². The summed E-state index contributed by atoms with van der Waals surface area (Å²) in [7, 11) is 0. The fourth-order valence-electron chi connectivity index (χ4n) is 1.91. The Bertz CT molecular complexity index is 530. The number of hydrogen-bond acceptors (Lipinski definition) is 3. The fourth-order valence-corrected chi connectivity index (χ4v) is 2.39. The fraction of sp³-hybridized carbons (Fsp3) is 0.467. The predicted molar refractivity (Wildman–Crippen MR) is 86.1 cm³/mol. The first kappa shape index (κ1) is 16.0. The molecule has 1 aromatic carbocycles. The van der Waals surface area contributed by atoms with E-state index in [2.05, 4.69) is 31.9 Å². The number of carbonyl (C=O) groups excluding carboxylic acids is 2. The van der Waals surface area contributed by atoms with Crippen molar-refractivity contribution >= 4 is 33.4 Å². The number of aryl methyl sites for hydroxylation is 1. The van der Waals surface area contributed by atoms with Gasteiger partial charge < -0.3 is 16.0 Å². The predicted octanol–water partition coefficient (Wildman–Crippen LogP) is 1.81. The zero-order valence-corrected chi connectivity index (χ0v) is 13.6. The third-order valence-corrected chi connectivity index (χ3v) is 3.82. The highest BCUT2D eigenvalue weighted by Gasteiger charge is 2.20. The second kappa shape index (κ2) is 7.56. The first-order chi connectivity index (χ1) is 10.0. The summed E-state index contributed by atoms with van der Waals surface area (Å²) < 4.78 is 0.966. The zero-order chi connectivity index (χ0) is 15.2. The van der Waals surface area contributed by atoms with Crippen LogP contribution in [0.1, 0.15) is 18.4 Å². The minimum Gasteiger partial charge on any atom is -0.346 e. The minimum atomic E-state index is -0.226. The van der Waals surface area contributed by atoms with Gasteiger partial charge in [-0.15, -0.1) is 0 Å². The van der Waals surface area contributed by atoms with Crippen molar-refractivity contribution < 1.29 is 9.59 Å². The van der Waals surface area contributed by atoms with Crippen LogP contribution in [-0.4, -0.2) is 31.4 Å². The maximum atomic E-state index is 11.8. The smallest absolute Gasteiger partial charge is 0.243 e. The van der Waals surface area contributed by atoms with E-state index >= 15 is 0 Å². The Morgan fingerprint density at radius 1 is 1.24 bits per heavy atom. The van der Waals surface area contributed by atoms with Crippen LogP contribution in [0.15, 0.2) is 22.7 Å². The van der Waals surface area contributed by atoms with Crippen molar-refractivity contribution in [2.24, 2.45) is 5.92 Å². The normalized spacial score (nSPS) is 13.8. The van der Waals surface area contributed by atoms with Crippen LogP contribution in [0.3, 0.4) is 0 Å². The number of nitrogens with one attached hydrogen (secondary N) is 3.